The van der Waals surface area contributed by atoms with Crippen molar-refractivity contribution in [3.8, 4) is 0 Å². The van der Waals surface area contributed by atoms with Gasteiger partial charge >= 0.3 is 0 Å². The van der Waals surface area contributed by atoms with Gasteiger partial charge in [-0.25, -0.2) is 13.1 Å². The topological polar surface area (TPSA) is 66.4 Å². The minimum absolute atomic E-state index is 0.0420. The second-order valence-corrected chi connectivity index (χ2v) is 7.47. The van der Waals surface area contributed by atoms with Crippen LogP contribution < -0.4 is 4.72 Å². The number of benzene rings is 1. The highest BCUT2D eigenvalue weighted by Crippen LogP contribution is 2.15. The SMILES string of the molecule is CC(C)CC(C)(O)CNS(=O)(=O)Cc1ccccc1. The van der Waals surface area contributed by atoms with E-state index in [9.17, 15) is 13.5 Å². The van der Waals surface area contributed by atoms with Crippen molar-refractivity contribution in [2.24, 2.45) is 5.92 Å². The molecule has 108 valence electrons. The normalized spacial score (nSPS) is 15.4. The Morgan fingerprint density at radius 3 is 2.37 bits per heavy atom. The Bertz CT molecular complexity index is 481. The van der Waals surface area contributed by atoms with Gasteiger partial charge in [0.15, 0.2) is 0 Å². The highest BCUT2D eigenvalue weighted by atomic mass is 32.2. The standard InChI is InChI=1S/C14H23NO3S/c1-12(2)9-14(3,16)11-15-19(17,18)10-13-7-5-4-6-8-13/h4-8,12,15-16H,9-11H2,1-3H3. The van der Waals surface area contributed by atoms with Crippen LogP contribution in [-0.4, -0.2) is 25.7 Å². The van der Waals surface area contributed by atoms with E-state index in [4.69, 9.17) is 0 Å². The maximum Gasteiger partial charge on any atom is 0.215 e. The molecule has 0 heterocycles. The summed E-state index contributed by atoms with van der Waals surface area (Å²) in [5.74, 6) is 0.250. The molecule has 0 aromatic heterocycles. The second kappa shape index (κ2) is 6.50. The van der Waals surface area contributed by atoms with Gasteiger partial charge in [0.2, 0.25) is 10.0 Å². The number of sulfonamides is 1. The number of hydrogen-bond donors (Lipinski definition) is 2. The Hall–Kier alpha value is -0.910. The fourth-order valence-electron chi connectivity index (χ4n) is 2.06. The predicted octanol–water partition coefficient (Wildman–Crippen LogP) is 1.90. The molecule has 0 radical (unpaired) electrons. The van der Waals surface area contributed by atoms with E-state index in [1.165, 1.54) is 0 Å². The van der Waals surface area contributed by atoms with Crippen LogP contribution in [0.15, 0.2) is 30.3 Å². The number of hydrogen-bond acceptors (Lipinski definition) is 3. The zero-order valence-electron chi connectivity index (χ0n) is 11.8. The van der Waals surface area contributed by atoms with Crippen LogP contribution in [0.25, 0.3) is 0 Å². The van der Waals surface area contributed by atoms with Crippen LogP contribution in [0.3, 0.4) is 0 Å². The Labute approximate surface area is 115 Å². The third-order valence-corrected chi connectivity index (χ3v) is 4.02. The van der Waals surface area contributed by atoms with E-state index in [2.05, 4.69) is 4.72 Å². The lowest BCUT2D eigenvalue weighted by Crippen LogP contribution is -2.41. The van der Waals surface area contributed by atoms with Crippen molar-refractivity contribution < 1.29 is 13.5 Å². The third-order valence-electron chi connectivity index (χ3n) is 2.72. The average Bonchev–Trinajstić information content (AvgIpc) is 2.26. The molecule has 0 saturated carbocycles. The van der Waals surface area contributed by atoms with Crippen molar-refractivity contribution in [1.82, 2.24) is 4.72 Å². The fourth-order valence-corrected chi connectivity index (χ4v) is 3.33. The fraction of sp³-hybridized carbons (Fsp3) is 0.571. The van der Waals surface area contributed by atoms with Gasteiger partial charge < -0.3 is 5.11 Å². The summed E-state index contributed by atoms with van der Waals surface area (Å²) in [7, 11) is -3.41. The molecule has 0 saturated heterocycles. The van der Waals surface area contributed by atoms with Crippen molar-refractivity contribution in [3.05, 3.63) is 35.9 Å². The molecule has 1 aromatic carbocycles. The highest BCUT2D eigenvalue weighted by Gasteiger charge is 2.24. The van der Waals surface area contributed by atoms with Gasteiger partial charge in [0, 0.05) is 6.54 Å². The first-order valence-electron chi connectivity index (χ1n) is 6.44. The summed E-state index contributed by atoms with van der Waals surface area (Å²) < 4.78 is 26.3. The molecule has 19 heavy (non-hydrogen) atoms. The van der Waals surface area contributed by atoms with Crippen LogP contribution in [-0.2, 0) is 15.8 Å². The highest BCUT2D eigenvalue weighted by molar-refractivity contribution is 7.88. The molecule has 1 atom stereocenters. The molecule has 5 heteroatoms. The lowest BCUT2D eigenvalue weighted by molar-refractivity contribution is 0.0436. The van der Waals surface area contributed by atoms with Crippen molar-refractivity contribution in [3.63, 3.8) is 0 Å². The molecular weight excluding hydrogens is 262 g/mol. The first-order valence-corrected chi connectivity index (χ1v) is 8.09. The summed E-state index contributed by atoms with van der Waals surface area (Å²) in [4.78, 5) is 0. The molecule has 0 spiro atoms. The molecule has 0 amide bonds. The quantitative estimate of drug-likeness (QED) is 0.804. The van der Waals surface area contributed by atoms with Crippen LogP contribution in [0, 0.1) is 5.92 Å². The summed E-state index contributed by atoms with van der Waals surface area (Å²) >= 11 is 0. The van der Waals surface area contributed by atoms with Crippen LogP contribution >= 0.6 is 0 Å². The first-order chi connectivity index (χ1) is 8.70. The Kier molecular flexibility index (Phi) is 5.52. The maximum atomic E-state index is 11.9. The summed E-state index contributed by atoms with van der Waals surface area (Å²) in [5, 5.41) is 10.1. The van der Waals surface area contributed by atoms with Crippen molar-refractivity contribution in [1.29, 1.82) is 0 Å². The van der Waals surface area contributed by atoms with E-state index >= 15 is 0 Å². The van der Waals surface area contributed by atoms with Crippen molar-refractivity contribution >= 4 is 10.0 Å². The van der Waals surface area contributed by atoms with Gasteiger partial charge in [-0.05, 0) is 24.8 Å². The third kappa shape index (κ3) is 6.71. The monoisotopic (exact) mass is 285 g/mol. The molecule has 2 N–H and O–H groups in total. The maximum absolute atomic E-state index is 11.9. The van der Waals surface area contributed by atoms with Gasteiger partial charge in [-0.3, -0.25) is 0 Å². The lowest BCUT2D eigenvalue weighted by atomic mass is 9.95. The Morgan fingerprint density at radius 1 is 1.26 bits per heavy atom. The van der Waals surface area contributed by atoms with E-state index in [1.807, 2.05) is 19.9 Å². The molecule has 0 fully saturated rings. The molecule has 1 aromatic rings. The average molecular weight is 285 g/mol. The zero-order valence-corrected chi connectivity index (χ0v) is 12.6. The number of rotatable bonds is 7. The molecule has 0 aliphatic rings. The van der Waals surface area contributed by atoms with Gasteiger partial charge in [0.1, 0.15) is 0 Å². The molecule has 1 rings (SSSR count). The number of nitrogens with one attached hydrogen (secondary N) is 1. The Balaban J connectivity index is 2.56. The van der Waals surface area contributed by atoms with E-state index in [0.717, 1.165) is 5.56 Å². The van der Waals surface area contributed by atoms with Gasteiger partial charge in [0.05, 0.1) is 11.4 Å². The van der Waals surface area contributed by atoms with Crippen LogP contribution in [0.1, 0.15) is 32.8 Å². The van der Waals surface area contributed by atoms with E-state index in [-0.39, 0.29) is 12.3 Å². The largest absolute Gasteiger partial charge is 0.389 e. The predicted molar refractivity (Wildman–Crippen MR) is 77.1 cm³/mol. The second-order valence-electron chi connectivity index (χ2n) is 5.66. The number of aliphatic hydroxyl groups is 1. The minimum atomic E-state index is -3.41. The molecule has 0 aliphatic carbocycles. The lowest BCUT2D eigenvalue weighted by Gasteiger charge is -2.25. The van der Waals surface area contributed by atoms with Gasteiger partial charge in [-0.2, -0.15) is 0 Å². The summed E-state index contributed by atoms with van der Waals surface area (Å²) in [6.45, 7) is 5.68. The van der Waals surface area contributed by atoms with E-state index in [0.29, 0.717) is 12.3 Å². The minimum Gasteiger partial charge on any atom is -0.389 e. The molecule has 0 bridgehead atoms. The summed E-state index contributed by atoms with van der Waals surface area (Å²) in [6.07, 6.45) is 0.556. The van der Waals surface area contributed by atoms with E-state index in [1.54, 1.807) is 31.2 Å². The van der Waals surface area contributed by atoms with Crippen molar-refractivity contribution in [2.45, 2.75) is 38.5 Å². The molecule has 4 nitrogen and oxygen atoms in total. The molecular formula is C14H23NO3S. The van der Waals surface area contributed by atoms with Gasteiger partial charge in [0.25, 0.3) is 0 Å². The van der Waals surface area contributed by atoms with Crippen molar-refractivity contribution in [2.75, 3.05) is 6.54 Å². The first kappa shape index (κ1) is 16.1. The molecule has 1 unspecified atom stereocenters. The van der Waals surface area contributed by atoms with Gasteiger partial charge in [-0.1, -0.05) is 44.2 Å². The summed E-state index contributed by atoms with van der Waals surface area (Å²) in [6, 6.07) is 8.99. The van der Waals surface area contributed by atoms with Crippen LogP contribution in [0.5, 0.6) is 0 Å². The zero-order chi connectivity index (χ0) is 14.5. The van der Waals surface area contributed by atoms with E-state index < -0.39 is 15.6 Å². The smallest absolute Gasteiger partial charge is 0.215 e. The van der Waals surface area contributed by atoms with Gasteiger partial charge in [-0.15, -0.1) is 0 Å². The summed E-state index contributed by atoms with van der Waals surface area (Å²) in [5.41, 5.74) is -0.281. The Morgan fingerprint density at radius 2 is 1.84 bits per heavy atom. The molecule has 0 aliphatic heterocycles. The van der Waals surface area contributed by atoms with Crippen LogP contribution in [0.4, 0.5) is 0 Å². The van der Waals surface area contributed by atoms with Crippen LogP contribution in [0.2, 0.25) is 0 Å².